The molecule has 16 heavy (non-hydrogen) atoms. The topological polar surface area (TPSA) is 78.9 Å². The van der Waals surface area contributed by atoms with Crippen LogP contribution in [-0.2, 0) is 14.4 Å². The van der Waals surface area contributed by atoms with E-state index >= 15 is 0 Å². The third-order valence-corrected chi connectivity index (χ3v) is 2.41. The molecule has 0 aliphatic carbocycles. The van der Waals surface area contributed by atoms with Crippen LogP contribution in [0.25, 0.3) is 0 Å². The maximum atomic E-state index is 11.4. The lowest BCUT2D eigenvalue weighted by molar-refractivity contribution is -0.216. The highest BCUT2D eigenvalue weighted by molar-refractivity contribution is 5.87. The van der Waals surface area contributed by atoms with Crippen LogP contribution in [0.2, 0.25) is 0 Å². The van der Waals surface area contributed by atoms with E-state index in [-0.39, 0.29) is 11.9 Å². The SMILES string of the molecule is CCCCCNC1CN(OCC(=O)O)C1=O. The van der Waals surface area contributed by atoms with E-state index in [0.717, 1.165) is 30.9 Å². The van der Waals surface area contributed by atoms with Crippen molar-refractivity contribution in [3.8, 4) is 0 Å². The summed E-state index contributed by atoms with van der Waals surface area (Å²) in [6, 6.07) is -0.203. The molecule has 2 N–H and O–H groups in total. The molecule has 1 aliphatic rings. The van der Waals surface area contributed by atoms with E-state index in [1.54, 1.807) is 0 Å². The van der Waals surface area contributed by atoms with Crippen LogP contribution in [0.4, 0.5) is 0 Å². The van der Waals surface area contributed by atoms with E-state index in [1.165, 1.54) is 0 Å². The number of hydrogen-bond acceptors (Lipinski definition) is 4. The summed E-state index contributed by atoms with van der Waals surface area (Å²) < 4.78 is 0. The molecule has 0 radical (unpaired) electrons. The van der Waals surface area contributed by atoms with Crippen LogP contribution >= 0.6 is 0 Å². The molecule has 1 rings (SSSR count). The van der Waals surface area contributed by atoms with Gasteiger partial charge in [0, 0.05) is 0 Å². The van der Waals surface area contributed by atoms with Crippen molar-refractivity contribution in [1.29, 1.82) is 0 Å². The number of rotatable bonds is 8. The molecular weight excluding hydrogens is 212 g/mol. The Morgan fingerprint density at radius 1 is 1.62 bits per heavy atom. The zero-order chi connectivity index (χ0) is 12.0. The largest absolute Gasteiger partial charge is 0.479 e. The molecule has 1 atom stereocenters. The standard InChI is InChI=1S/C10H18N2O4/c1-2-3-4-5-11-8-6-12(10(8)15)16-7-9(13)14/h8,11H,2-7H2,1H3,(H,13,14). The third kappa shape index (κ3) is 3.79. The van der Waals surface area contributed by atoms with Gasteiger partial charge in [-0.25, -0.2) is 9.86 Å². The minimum absolute atomic E-state index is 0.183. The molecule has 1 amide bonds. The van der Waals surface area contributed by atoms with E-state index in [1.807, 2.05) is 0 Å². The fraction of sp³-hybridized carbons (Fsp3) is 0.800. The van der Waals surface area contributed by atoms with Gasteiger partial charge in [-0.15, -0.1) is 0 Å². The highest BCUT2D eigenvalue weighted by atomic mass is 16.7. The molecule has 1 aliphatic heterocycles. The van der Waals surface area contributed by atoms with Gasteiger partial charge in [0.2, 0.25) is 0 Å². The van der Waals surface area contributed by atoms with Crippen LogP contribution in [0.15, 0.2) is 0 Å². The van der Waals surface area contributed by atoms with Crippen LogP contribution in [0.3, 0.4) is 0 Å². The number of unbranched alkanes of at least 4 members (excludes halogenated alkanes) is 2. The number of nitrogens with one attached hydrogen (secondary N) is 1. The fourth-order valence-corrected chi connectivity index (χ4v) is 1.45. The summed E-state index contributed by atoms with van der Waals surface area (Å²) in [4.78, 5) is 26.3. The van der Waals surface area contributed by atoms with Gasteiger partial charge >= 0.3 is 5.97 Å². The van der Waals surface area contributed by atoms with Gasteiger partial charge in [-0.05, 0) is 13.0 Å². The molecular formula is C10H18N2O4. The fourth-order valence-electron chi connectivity index (χ4n) is 1.45. The number of carboxylic acids is 1. The van der Waals surface area contributed by atoms with Gasteiger partial charge in [0.25, 0.3) is 5.91 Å². The van der Waals surface area contributed by atoms with Crippen LogP contribution in [0.1, 0.15) is 26.2 Å². The van der Waals surface area contributed by atoms with Crippen molar-refractivity contribution >= 4 is 11.9 Å². The van der Waals surface area contributed by atoms with Gasteiger partial charge in [0.1, 0.15) is 6.04 Å². The first-order valence-electron chi connectivity index (χ1n) is 5.54. The van der Waals surface area contributed by atoms with E-state index in [9.17, 15) is 9.59 Å². The first-order chi connectivity index (χ1) is 7.65. The first kappa shape index (κ1) is 12.9. The van der Waals surface area contributed by atoms with Crippen LogP contribution in [0.5, 0.6) is 0 Å². The lowest BCUT2D eigenvalue weighted by atomic mass is 10.1. The van der Waals surface area contributed by atoms with Crippen molar-refractivity contribution in [3.63, 3.8) is 0 Å². The van der Waals surface area contributed by atoms with E-state index in [4.69, 9.17) is 9.94 Å². The summed E-state index contributed by atoms with van der Waals surface area (Å²) in [6.45, 7) is 2.90. The lowest BCUT2D eigenvalue weighted by Crippen LogP contribution is -2.62. The number of hydroxylamine groups is 2. The van der Waals surface area contributed by atoms with Crippen molar-refractivity contribution in [2.45, 2.75) is 32.2 Å². The van der Waals surface area contributed by atoms with Crippen molar-refractivity contribution in [3.05, 3.63) is 0 Å². The predicted octanol–water partition coefficient (Wildman–Crippen LogP) is -0.00680. The second-order valence-electron chi connectivity index (χ2n) is 3.78. The Bertz CT molecular complexity index is 257. The van der Waals surface area contributed by atoms with E-state index < -0.39 is 12.6 Å². The first-order valence-corrected chi connectivity index (χ1v) is 5.54. The Labute approximate surface area is 94.5 Å². The van der Waals surface area contributed by atoms with Crippen molar-refractivity contribution in [2.75, 3.05) is 19.7 Å². The average molecular weight is 230 g/mol. The molecule has 92 valence electrons. The zero-order valence-electron chi connectivity index (χ0n) is 9.44. The molecule has 6 nitrogen and oxygen atoms in total. The van der Waals surface area contributed by atoms with Gasteiger partial charge in [0.15, 0.2) is 6.61 Å². The maximum Gasteiger partial charge on any atom is 0.332 e. The number of amides is 1. The van der Waals surface area contributed by atoms with Crippen molar-refractivity contribution in [1.82, 2.24) is 10.4 Å². The monoisotopic (exact) mass is 230 g/mol. The molecule has 1 fully saturated rings. The second-order valence-corrected chi connectivity index (χ2v) is 3.78. The smallest absolute Gasteiger partial charge is 0.332 e. The second kappa shape index (κ2) is 6.44. The Morgan fingerprint density at radius 3 is 2.94 bits per heavy atom. The predicted molar refractivity (Wildman–Crippen MR) is 56.6 cm³/mol. The molecule has 1 heterocycles. The number of β-lactam (4-membered cyclic amide) rings is 1. The van der Waals surface area contributed by atoms with Crippen LogP contribution in [0, 0.1) is 0 Å². The normalized spacial score (nSPS) is 19.7. The van der Waals surface area contributed by atoms with E-state index in [2.05, 4.69) is 12.2 Å². The van der Waals surface area contributed by atoms with Crippen LogP contribution < -0.4 is 5.32 Å². The Kier molecular flexibility index (Phi) is 5.21. The molecule has 1 saturated heterocycles. The minimum atomic E-state index is -1.08. The number of carboxylic acid groups (broad SMARTS) is 1. The Morgan fingerprint density at radius 2 is 2.38 bits per heavy atom. The van der Waals surface area contributed by atoms with Crippen molar-refractivity contribution < 1.29 is 19.5 Å². The van der Waals surface area contributed by atoms with Gasteiger partial charge < -0.3 is 10.4 Å². The molecule has 0 saturated carbocycles. The minimum Gasteiger partial charge on any atom is -0.479 e. The molecule has 0 spiro atoms. The maximum absolute atomic E-state index is 11.4. The molecule has 0 bridgehead atoms. The van der Waals surface area contributed by atoms with Gasteiger partial charge in [0.05, 0.1) is 6.54 Å². The molecule has 6 heteroatoms. The summed E-state index contributed by atoms with van der Waals surface area (Å²) >= 11 is 0. The quantitative estimate of drug-likeness (QED) is 0.453. The number of hydrogen-bond donors (Lipinski definition) is 2. The summed E-state index contributed by atoms with van der Waals surface area (Å²) in [5, 5.41) is 12.5. The average Bonchev–Trinajstić information content (AvgIpc) is 2.25. The molecule has 0 aromatic carbocycles. The van der Waals surface area contributed by atoms with Gasteiger partial charge in [-0.1, -0.05) is 19.8 Å². The number of nitrogens with zero attached hydrogens (tertiary/aromatic N) is 1. The Balaban J connectivity index is 2.07. The number of carbonyl (C=O) groups is 2. The molecule has 0 aromatic heterocycles. The highest BCUT2D eigenvalue weighted by Gasteiger charge is 2.37. The Hall–Kier alpha value is -1.14. The third-order valence-electron chi connectivity index (χ3n) is 2.41. The molecule has 0 aromatic rings. The lowest BCUT2D eigenvalue weighted by Gasteiger charge is -2.36. The summed E-state index contributed by atoms with van der Waals surface area (Å²) in [5.74, 6) is -1.26. The number of carbonyl (C=O) groups excluding carboxylic acids is 1. The van der Waals surface area contributed by atoms with Gasteiger partial charge in [-0.2, -0.15) is 0 Å². The highest BCUT2D eigenvalue weighted by Crippen LogP contribution is 2.10. The van der Waals surface area contributed by atoms with Gasteiger partial charge in [-0.3, -0.25) is 9.63 Å². The summed E-state index contributed by atoms with van der Waals surface area (Å²) in [6.07, 6.45) is 3.34. The zero-order valence-corrected chi connectivity index (χ0v) is 9.44. The van der Waals surface area contributed by atoms with Crippen molar-refractivity contribution in [2.24, 2.45) is 0 Å². The summed E-state index contributed by atoms with van der Waals surface area (Å²) in [5.41, 5.74) is 0. The van der Waals surface area contributed by atoms with Crippen LogP contribution in [-0.4, -0.2) is 47.8 Å². The van der Waals surface area contributed by atoms with E-state index in [0.29, 0.717) is 6.54 Å². The summed E-state index contributed by atoms with van der Waals surface area (Å²) in [7, 11) is 0. The molecule has 1 unspecified atom stereocenters. The number of aliphatic carboxylic acids is 1.